The van der Waals surface area contributed by atoms with Crippen molar-refractivity contribution in [3.8, 4) is 5.75 Å². The Balaban J connectivity index is 0.00000256. The summed E-state index contributed by atoms with van der Waals surface area (Å²) < 4.78 is 5.54. The predicted octanol–water partition coefficient (Wildman–Crippen LogP) is 2.53. The molecule has 1 atom stereocenters. The fourth-order valence-corrected chi connectivity index (χ4v) is 1.54. The lowest BCUT2D eigenvalue weighted by Gasteiger charge is -2.30. The molecule has 0 aromatic heterocycles. The van der Waals surface area contributed by atoms with Crippen LogP contribution >= 0.6 is 12.4 Å². The van der Waals surface area contributed by atoms with Gasteiger partial charge in [0, 0.05) is 23.6 Å². The molecule has 0 amide bonds. The van der Waals surface area contributed by atoms with Crippen molar-refractivity contribution in [3.63, 3.8) is 0 Å². The van der Waals surface area contributed by atoms with Gasteiger partial charge in [0.1, 0.15) is 5.75 Å². The SMILES string of the molecule is CCOc1ccccc1[C@@H](N)C(C)(C)CO.Cl. The maximum absolute atomic E-state index is 9.33. The zero-order valence-electron chi connectivity index (χ0n) is 10.6. The molecule has 1 aromatic rings. The number of para-hydroxylation sites is 1. The van der Waals surface area contributed by atoms with Gasteiger partial charge in [-0.05, 0) is 13.0 Å². The molecule has 4 heteroatoms. The first-order chi connectivity index (χ1) is 7.53. The summed E-state index contributed by atoms with van der Waals surface area (Å²) in [7, 11) is 0. The first-order valence-corrected chi connectivity index (χ1v) is 5.61. The summed E-state index contributed by atoms with van der Waals surface area (Å²) in [6.45, 7) is 6.50. The fraction of sp³-hybridized carbons (Fsp3) is 0.538. The van der Waals surface area contributed by atoms with Gasteiger partial charge in [0.2, 0.25) is 0 Å². The lowest BCUT2D eigenvalue weighted by Crippen LogP contribution is -2.32. The Kier molecular flexibility index (Phi) is 6.53. The number of halogens is 1. The molecule has 1 rings (SSSR count). The van der Waals surface area contributed by atoms with E-state index in [9.17, 15) is 5.11 Å². The molecule has 3 nitrogen and oxygen atoms in total. The van der Waals surface area contributed by atoms with Crippen molar-refractivity contribution in [3.05, 3.63) is 29.8 Å². The van der Waals surface area contributed by atoms with Gasteiger partial charge in [-0.1, -0.05) is 32.0 Å². The van der Waals surface area contributed by atoms with Crippen molar-refractivity contribution in [2.45, 2.75) is 26.8 Å². The Bertz CT molecular complexity index is 342. The summed E-state index contributed by atoms with van der Waals surface area (Å²) in [5.41, 5.74) is 6.77. The highest BCUT2D eigenvalue weighted by molar-refractivity contribution is 5.85. The van der Waals surface area contributed by atoms with Gasteiger partial charge in [-0.2, -0.15) is 0 Å². The summed E-state index contributed by atoms with van der Waals surface area (Å²) in [6, 6.07) is 7.48. The molecule has 0 saturated carbocycles. The van der Waals surface area contributed by atoms with Crippen LogP contribution in [0.1, 0.15) is 32.4 Å². The van der Waals surface area contributed by atoms with Crippen LogP contribution in [0.25, 0.3) is 0 Å². The Morgan fingerprint density at radius 3 is 2.47 bits per heavy atom. The van der Waals surface area contributed by atoms with Gasteiger partial charge < -0.3 is 15.6 Å². The fourth-order valence-electron chi connectivity index (χ4n) is 1.54. The molecule has 98 valence electrons. The van der Waals surface area contributed by atoms with E-state index in [1.165, 1.54) is 0 Å². The summed E-state index contributed by atoms with van der Waals surface area (Å²) in [4.78, 5) is 0. The largest absolute Gasteiger partial charge is 0.494 e. The third-order valence-corrected chi connectivity index (χ3v) is 2.80. The zero-order chi connectivity index (χ0) is 12.2. The van der Waals surface area contributed by atoms with E-state index in [2.05, 4.69) is 0 Å². The first-order valence-electron chi connectivity index (χ1n) is 5.61. The van der Waals surface area contributed by atoms with Gasteiger partial charge in [0.05, 0.1) is 6.61 Å². The number of nitrogens with two attached hydrogens (primary N) is 1. The summed E-state index contributed by atoms with van der Waals surface area (Å²) in [5.74, 6) is 0.805. The molecule has 0 saturated heterocycles. The molecule has 0 aliphatic carbocycles. The van der Waals surface area contributed by atoms with Gasteiger partial charge in [0.15, 0.2) is 0 Å². The number of rotatable bonds is 5. The molecule has 17 heavy (non-hydrogen) atoms. The van der Waals surface area contributed by atoms with Crippen LogP contribution < -0.4 is 10.5 Å². The number of aliphatic hydroxyl groups is 1. The van der Waals surface area contributed by atoms with Crippen LogP contribution in [-0.2, 0) is 0 Å². The van der Waals surface area contributed by atoms with E-state index in [0.29, 0.717) is 6.61 Å². The normalized spacial score (nSPS) is 12.8. The summed E-state index contributed by atoms with van der Waals surface area (Å²) in [5, 5.41) is 9.33. The van der Waals surface area contributed by atoms with Crippen LogP contribution in [-0.4, -0.2) is 18.3 Å². The van der Waals surface area contributed by atoms with Crippen LogP contribution in [0.5, 0.6) is 5.75 Å². The Morgan fingerprint density at radius 2 is 1.94 bits per heavy atom. The molecular weight excluding hydrogens is 238 g/mol. The highest BCUT2D eigenvalue weighted by Crippen LogP contribution is 2.35. The van der Waals surface area contributed by atoms with E-state index < -0.39 is 0 Å². The van der Waals surface area contributed by atoms with Gasteiger partial charge in [-0.3, -0.25) is 0 Å². The second-order valence-corrected chi connectivity index (χ2v) is 4.60. The van der Waals surface area contributed by atoms with Gasteiger partial charge in [-0.15, -0.1) is 12.4 Å². The van der Waals surface area contributed by atoms with Crippen LogP contribution in [0.3, 0.4) is 0 Å². The quantitative estimate of drug-likeness (QED) is 0.854. The predicted molar refractivity (Wildman–Crippen MR) is 72.7 cm³/mol. The highest BCUT2D eigenvalue weighted by Gasteiger charge is 2.28. The van der Waals surface area contributed by atoms with Crippen LogP contribution in [0.2, 0.25) is 0 Å². The van der Waals surface area contributed by atoms with E-state index >= 15 is 0 Å². The maximum Gasteiger partial charge on any atom is 0.124 e. The smallest absolute Gasteiger partial charge is 0.124 e. The van der Waals surface area contributed by atoms with Crippen LogP contribution in [0.4, 0.5) is 0 Å². The minimum atomic E-state index is -0.354. The molecule has 0 bridgehead atoms. The number of hydrogen-bond acceptors (Lipinski definition) is 3. The second-order valence-electron chi connectivity index (χ2n) is 4.60. The third-order valence-electron chi connectivity index (χ3n) is 2.80. The molecular formula is C13H22ClNO2. The average Bonchev–Trinajstić information content (AvgIpc) is 2.29. The number of aliphatic hydroxyl groups excluding tert-OH is 1. The topological polar surface area (TPSA) is 55.5 Å². The molecule has 0 radical (unpaired) electrons. The second kappa shape index (κ2) is 6.84. The first kappa shape index (κ1) is 16.2. The monoisotopic (exact) mass is 259 g/mol. The molecule has 0 aliphatic heterocycles. The molecule has 0 unspecified atom stereocenters. The van der Waals surface area contributed by atoms with E-state index in [4.69, 9.17) is 10.5 Å². The van der Waals surface area contributed by atoms with E-state index in [-0.39, 0.29) is 30.5 Å². The minimum Gasteiger partial charge on any atom is -0.494 e. The van der Waals surface area contributed by atoms with Crippen molar-refractivity contribution >= 4 is 12.4 Å². The molecule has 0 aliphatic rings. The van der Waals surface area contributed by atoms with Gasteiger partial charge >= 0.3 is 0 Å². The number of benzene rings is 1. The Labute approximate surface area is 109 Å². The van der Waals surface area contributed by atoms with Crippen LogP contribution in [0, 0.1) is 5.41 Å². The van der Waals surface area contributed by atoms with Crippen molar-refractivity contribution in [1.82, 2.24) is 0 Å². The van der Waals surface area contributed by atoms with Crippen molar-refractivity contribution in [1.29, 1.82) is 0 Å². The molecule has 3 N–H and O–H groups in total. The number of ether oxygens (including phenoxy) is 1. The summed E-state index contributed by atoms with van der Waals surface area (Å²) >= 11 is 0. The highest BCUT2D eigenvalue weighted by atomic mass is 35.5. The molecule has 0 spiro atoms. The van der Waals surface area contributed by atoms with Crippen molar-refractivity contribution in [2.24, 2.45) is 11.1 Å². The van der Waals surface area contributed by atoms with Crippen molar-refractivity contribution < 1.29 is 9.84 Å². The standard InChI is InChI=1S/C13H21NO2.ClH/c1-4-16-11-8-6-5-7-10(11)12(14)13(2,3)9-15;/h5-8,12,15H,4,9,14H2,1-3H3;1H/t12-;/m1./s1. The average molecular weight is 260 g/mol. The van der Waals surface area contributed by atoms with Gasteiger partial charge in [-0.25, -0.2) is 0 Å². The molecule has 1 aromatic carbocycles. The third kappa shape index (κ3) is 3.87. The van der Waals surface area contributed by atoms with E-state index in [1.54, 1.807) is 0 Å². The Hall–Kier alpha value is -0.770. The zero-order valence-corrected chi connectivity index (χ0v) is 11.5. The summed E-state index contributed by atoms with van der Waals surface area (Å²) in [6.07, 6.45) is 0. The molecule has 0 fully saturated rings. The number of hydrogen-bond donors (Lipinski definition) is 2. The van der Waals surface area contributed by atoms with Gasteiger partial charge in [0.25, 0.3) is 0 Å². The lowest BCUT2D eigenvalue weighted by atomic mass is 9.81. The molecule has 0 heterocycles. The Morgan fingerprint density at radius 1 is 1.35 bits per heavy atom. The van der Waals surface area contributed by atoms with E-state index in [1.807, 2.05) is 45.0 Å². The van der Waals surface area contributed by atoms with Crippen molar-refractivity contribution in [2.75, 3.05) is 13.2 Å². The lowest BCUT2D eigenvalue weighted by molar-refractivity contribution is 0.130. The van der Waals surface area contributed by atoms with E-state index in [0.717, 1.165) is 11.3 Å². The minimum absolute atomic E-state index is 0. The van der Waals surface area contributed by atoms with Crippen LogP contribution in [0.15, 0.2) is 24.3 Å². The maximum atomic E-state index is 9.33.